The van der Waals surface area contributed by atoms with Gasteiger partial charge in [-0.1, -0.05) is 18.2 Å². The van der Waals surface area contributed by atoms with Crippen molar-refractivity contribution in [3.05, 3.63) is 35.4 Å². The van der Waals surface area contributed by atoms with Crippen LogP contribution in [0.1, 0.15) is 35.2 Å². The van der Waals surface area contributed by atoms with Gasteiger partial charge in [0.1, 0.15) is 0 Å². The lowest BCUT2D eigenvalue weighted by atomic mass is 9.77. The molecule has 1 amide bonds. The molecule has 1 aliphatic carbocycles. The van der Waals surface area contributed by atoms with E-state index in [9.17, 15) is 18.0 Å². The summed E-state index contributed by atoms with van der Waals surface area (Å²) in [4.78, 5) is 26.4. The van der Waals surface area contributed by atoms with E-state index in [1.807, 2.05) is 31.2 Å². The van der Waals surface area contributed by atoms with Crippen LogP contribution in [0.15, 0.2) is 24.3 Å². The maximum atomic E-state index is 13.0. The Bertz CT molecular complexity index is 828. The van der Waals surface area contributed by atoms with E-state index in [2.05, 4.69) is 16.8 Å². The van der Waals surface area contributed by atoms with Crippen molar-refractivity contribution in [1.82, 2.24) is 9.80 Å². The van der Waals surface area contributed by atoms with Crippen LogP contribution in [-0.2, 0) is 9.53 Å². The molecule has 1 spiro atoms. The summed E-state index contributed by atoms with van der Waals surface area (Å²) in [5.74, 6) is -1.20. The van der Waals surface area contributed by atoms with Crippen LogP contribution < -0.4 is 0 Å². The fourth-order valence-corrected chi connectivity index (χ4v) is 4.71. The molecule has 4 rings (SSSR count). The maximum Gasteiger partial charge on any atom is 0.490 e. The van der Waals surface area contributed by atoms with Gasteiger partial charge in [0.15, 0.2) is 0 Å². The van der Waals surface area contributed by atoms with E-state index in [4.69, 9.17) is 14.6 Å². The van der Waals surface area contributed by atoms with Crippen LogP contribution >= 0.6 is 0 Å². The number of alkyl halides is 3. The first-order valence-corrected chi connectivity index (χ1v) is 10.9. The van der Waals surface area contributed by atoms with Gasteiger partial charge in [-0.2, -0.15) is 13.2 Å². The predicted molar refractivity (Wildman–Crippen MR) is 112 cm³/mol. The molecule has 9 heteroatoms. The van der Waals surface area contributed by atoms with Gasteiger partial charge in [0, 0.05) is 49.7 Å². The van der Waals surface area contributed by atoms with Crippen molar-refractivity contribution in [2.24, 2.45) is 17.3 Å². The molecule has 1 aromatic carbocycles. The highest BCUT2D eigenvalue weighted by molar-refractivity contribution is 5.95. The summed E-state index contributed by atoms with van der Waals surface area (Å²) in [6, 6.07) is 7.94. The zero-order valence-electron chi connectivity index (χ0n) is 18.5. The van der Waals surface area contributed by atoms with E-state index in [0.29, 0.717) is 5.92 Å². The highest BCUT2D eigenvalue weighted by atomic mass is 19.4. The number of rotatable bonds is 5. The highest BCUT2D eigenvalue weighted by Crippen LogP contribution is 2.44. The molecule has 1 N–H and O–H groups in total. The zero-order valence-corrected chi connectivity index (χ0v) is 18.5. The lowest BCUT2D eigenvalue weighted by Gasteiger charge is -2.30. The molecule has 2 saturated heterocycles. The van der Waals surface area contributed by atoms with E-state index in [1.165, 1.54) is 12.8 Å². The van der Waals surface area contributed by atoms with Crippen molar-refractivity contribution in [2.75, 3.05) is 46.4 Å². The Morgan fingerprint density at radius 2 is 1.84 bits per heavy atom. The van der Waals surface area contributed by atoms with Crippen LogP contribution in [0.3, 0.4) is 0 Å². The summed E-state index contributed by atoms with van der Waals surface area (Å²) < 4.78 is 37.8. The van der Waals surface area contributed by atoms with Gasteiger partial charge >= 0.3 is 12.1 Å². The molecular formula is C23H31F3N2O4. The van der Waals surface area contributed by atoms with Gasteiger partial charge in [-0.25, -0.2) is 4.79 Å². The third kappa shape index (κ3) is 6.01. The zero-order chi connectivity index (χ0) is 23.5. The first kappa shape index (κ1) is 24.5. The van der Waals surface area contributed by atoms with E-state index in [0.717, 1.165) is 62.9 Å². The number of aliphatic carboxylic acids is 1. The Labute approximate surface area is 186 Å². The van der Waals surface area contributed by atoms with Crippen molar-refractivity contribution in [2.45, 2.75) is 32.4 Å². The molecule has 2 aliphatic heterocycles. The van der Waals surface area contributed by atoms with Gasteiger partial charge in [0.2, 0.25) is 0 Å². The molecule has 178 valence electrons. The molecule has 1 saturated carbocycles. The number of likely N-dealkylation sites (tertiary alicyclic amines) is 2. The highest BCUT2D eigenvalue weighted by Gasteiger charge is 2.50. The normalized spacial score (nSPS) is 25.7. The van der Waals surface area contributed by atoms with Crippen molar-refractivity contribution < 1.29 is 32.6 Å². The van der Waals surface area contributed by atoms with Gasteiger partial charge < -0.3 is 19.6 Å². The Morgan fingerprint density at radius 3 is 2.44 bits per heavy atom. The van der Waals surface area contributed by atoms with E-state index < -0.39 is 12.1 Å². The van der Waals surface area contributed by atoms with E-state index in [-0.39, 0.29) is 11.3 Å². The first-order chi connectivity index (χ1) is 15.0. The first-order valence-electron chi connectivity index (χ1n) is 10.9. The number of carboxylic acid groups (broad SMARTS) is 1. The largest absolute Gasteiger partial charge is 0.490 e. The van der Waals surface area contributed by atoms with Crippen molar-refractivity contribution in [1.29, 1.82) is 0 Å². The fraction of sp³-hybridized carbons (Fsp3) is 0.652. The van der Waals surface area contributed by atoms with E-state index >= 15 is 0 Å². The summed E-state index contributed by atoms with van der Waals surface area (Å²) in [5, 5.41) is 7.12. The molecule has 0 radical (unpaired) electrons. The SMILES string of the molecule is Cc1ccccc1C(=O)N1CC[C@@]2(CN(C)C[C@H]2COCC2CC2)C1.O=C(O)C(F)(F)F. The summed E-state index contributed by atoms with van der Waals surface area (Å²) in [7, 11) is 2.20. The van der Waals surface area contributed by atoms with Crippen LogP contribution in [0.4, 0.5) is 13.2 Å². The van der Waals surface area contributed by atoms with Crippen molar-refractivity contribution in [3.63, 3.8) is 0 Å². The van der Waals surface area contributed by atoms with Crippen molar-refractivity contribution >= 4 is 11.9 Å². The smallest absolute Gasteiger partial charge is 0.475 e. The topological polar surface area (TPSA) is 70.1 Å². The van der Waals surface area contributed by atoms with Gasteiger partial charge in [-0.3, -0.25) is 4.79 Å². The third-order valence-electron chi connectivity index (χ3n) is 6.64. The molecule has 6 nitrogen and oxygen atoms in total. The molecule has 1 aromatic rings. The van der Waals surface area contributed by atoms with Crippen LogP contribution in [0.2, 0.25) is 0 Å². The average Bonchev–Trinajstić information content (AvgIpc) is 3.36. The van der Waals surface area contributed by atoms with Gasteiger partial charge in [0.05, 0.1) is 6.61 Å². The Kier molecular flexibility index (Phi) is 7.50. The third-order valence-corrected chi connectivity index (χ3v) is 6.64. The number of amides is 1. The maximum absolute atomic E-state index is 13.0. The van der Waals surface area contributed by atoms with Gasteiger partial charge in [-0.05, 0) is 50.8 Å². The number of benzene rings is 1. The summed E-state index contributed by atoms with van der Waals surface area (Å²) >= 11 is 0. The Hall–Kier alpha value is -2.13. The van der Waals surface area contributed by atoms with Gasteiger partial charge in [-0.15, -0.1) is 0 Å². The average molecular weight is 457 g/mol. The van der Waals surface area contributed by atoms with Crippen LogP contribution in [0.25, 0.3) is 0 Å². The molecule has 3 fully saturated rings. The van der Waals surface area contributed by atoms with E-state index in [1.54, 1.807) is 0 Å². The number of carbonyl (C=O) groups excluding carboxylic acids is 1. The number of carbonyl (C=O) groups is 2. The molecule has 0 aromatic heterocycles. The summed E-state index contributed by atoms with van der Waals surface area (Å²) in [6.45, 7) is 7.74. The van der Waals surface area contributed by atoms with Crippen LogP contribution in [0.5, 0.6) is 0 Å². The monoisotopic (exact) mass is 456 g/mol. The number of hydrogen-bond acceptors (Lipinski definition) is 4. The number of carboxylic acids is 1. The minimum atomic E-state index is -5.08. The standard InChI is InChI=1S/C21H30N2O2.C2HF3O2/c1-16-5-3-4-6-19(16)20(24)23-10-9-21(15-23)14-22(2)11-18(21)13-25-12-17-7-8-17;3-2(4,5)1(6)7/h3-6,17-18H,7-15H2,1-2H3;(H,6,7)/t18-,21+;/m0./s1. The molecule has 0 bridgehead atoms. The Morgan fingerprint density at radius 1 is 1.19 bits per heavy atom. The fourth-order valence-electron chi connectivity index (χ4n) is 4.71. The second-order valence-corrected chi connectivity index (χ2v) is 9.33. The number of nitrogens with zero attached hydrogens (tertiary/aromatic N) is 2. The predicted octanol–water partition coefficient (Wildman–Crippen LogP) is 3.45. The quantitative estimate of drug-likeness (QED) is 0.735. The van der Waals surface area contributed by atoms with Gasteiger partial charge in [0.25, 0.3) is 5.91 Å². The molecule has 2 heterocycles. The summed E-state index contributed by atoms with van der Waals surface area (Å²) in [5.41, 5.74) is 2.14. The second-order valence-electron chi connectivity index (χ2n) is 9.33. The lowest BCUT2D eigenvalue weighted by molar-refractivity contribution is -0.192. The summed E-state index contributed by atoms with van der Waals surface area (Å²) in [6.07, 6.45) is -1.30. The number of ether oxygens (including phenoxy) is 1. The number of hydrogen-bond donors (Lipinski definition) is 1. The molecule has 3 aliphatic rings. The molecular weight excluding hydrogens is 425 g/mol. The minimum absolute atomic E-state index is 0.196. The molecule has 32 heavy (non-hydrogen) atoms. The number of aryl methyl sites for hydroxylation is 1. The Balaban J connectivity index is 0.000000360. The molecule has 2 atom stereocenters. The second kappa shape index (κ2) is 9.79. The number of halogens is 3. The van der Waals surface area contributed by atoms with Crippen LogP contribution in [-0.4, -0.2) is 79.4 Å². The lowest BCUT2D eigenvalue weighted by Crippen LogP contribution is -2.38. The van der Waals surface area contributed by atoms with Crippen molar-refractivity contribution in [3.8, 4) is 0 Å². The molecule has 0 unspecified atom stereocenters. The van der Waals surface area contributed by atoms with Crippen LogP contribution in [0, 0.1) is 24.2 Å². The minimum Gasteiger partial charge on any atom is -0.475 e.